The van der Waals surface area contributed by atoms with E-state index in [-0.39, 0.29) is 0 Å². The summed E-state index contributed by atoms with van der Waals surface area (Å²) in [6.45, 7) is 11.6. The van der Waals surface area contributed by atoms with Gasteiger partial charge in [0.2, 0.25) is 0 Å². The minimum atomic E-state index is 0.725. The number of unbranched alkanes of at least 4 members (excludes halogenated alkanes) is 4. The summed E-state index contributed by atoms with van der Waals surface area (Å²) in [6, 6.07) is 55.3. The van der Waals surface area contributed by atoms with Crippen molar-refractivity contribution in [3.8, 4) is 23.0 Å². The van der Waals surface area contributed by atoms with Gasteiger partial charge in [0, 0.05) is 52.6 Å². The van der Waals surface area contributed by atoms with Crippen molar-refractivity contribution < 1.29 is 18.9 Å². The maximum absolute atomic E-state index is 5.98. The highest BCUT2D eigenvalue weighted by Crippen LogP contribution is 2.38. The molecule has 0 saturated carbocycles. The van der Waals surface area contributed by atoms with E-state index in [9.17, 15) is 0 Å². The van der Waals surface area contributed by atoms with Gasteiger partial charge in [-0.3, -0.25) is 0 Å². The Morgan fingerprint density at radius 1 is 0.324 bits per heavy atom. The van der Waals surface area contributed by atoms with Crippen molar-refractivity contribution in [3.63, 3.8) is 0 Å². The minimum absolute atomic E-state index is 0.725. The topological polar surface area (TPSA) is 48.3 Å². The van der Waals surface area contributed by atoms with Crippen LogP contribution in [0, 0.1) is 0 Å². The Hall–Kier alpha value is -7.12. The number of hydrogen-bond donors (Lipinski definition) is 0. The van der Waals surface area contributed by atoms with Crippen molar-refractivity contribution in [2.24, 2.45) is 7.05 Å². The molecule has 1 aromatic heterocycles. The Labute approximate surface area is 405 Å². The molecular formula is C61H69N3O4. The van der Waals surface area contributed by atoms with Gasteiger partial charge in [0.15, 0.2) is 0 Å². The molecule has 0 fully saturated rings. The highest BCUT2D eigenvalue weighted by molar-refractivity contribution is 5.80. The van der Waals surface area contributed by atoms with Gasteiger partial charge >= 0.3 is 0 Å². The van der Waals surface area contributed by atoms with Crippen molar-refractivity contribution in [1.82, 2.24) is 4.57 Å². The summed E-state index contributed by atoms with van der Waals surface area (Å²) in [6.07, 6.45) is 17.3. The van der Waals surface area contributed by atoms with Crippen LogP contribution >= 0.6 is 0 Å². The van der Waals surface area contributed by atoms with Crippen molar-refractivity contribution in [2.75, 3.05) is 36.2 Å². The van der Waals surface area contributed by atoms with Crippen LogP contribution in [0.25, 0.3) is 24.3 Å². The summed E-state index contributed by atoms with van der Waals surface area (Å²) in [5.41, 5.74) is 10.8. The first-order valence-corrected chi connectivity index (χ1v) is 24.7. The van der Waals surface area contributed by atoms with Crippen LogP contribution < -0.4 is 28.7 Å². The lowest BCUT2D eigenvalue weighted by Gasteiger charge is -2.26. The van der Waals surface area contributed by atoms with Gasteiger partial charge in [-0.2, -0.15) is 0 Å². The number of benzene rings is 6. The van der Waals surface area contributed by atoms with Crippen LogP contribution in [0.4, 0.5) is 34.1 Å². The molecule has 0 aliphatic carbocycles. The summed E-state index contributed by atoms with van der Waals surface area (Å²) in [7, 11) is 2.11. The molecule has 1 heterocycles. The number of anilines is 6. The van der Waals surface area contributed by atoms with Gasteiger partial charge in [-0.25, -0.2) is 0 Å². The average Bonchev–Trinajstić information content (AvgIpc) is 3.73. The van der Waals surface area contributed by atoms with E-state index in [1.807, 2.05) is 0 Å². The third kappa shape index (κ3) is 13.7. The number of nitrogens with zero attached hydrogens (tertiary/aromatic N) is 3. The van der Waals surface area contributed by atoms with E-state index in [2.05, 4.69) is 231 Å². The fraction of sp³-hybridized carbons (Fsp3) is 0.279. The molecule has 68 heavy (non-hydrogen) atoms. The molecule has 0 unspecified atom stereocenters. The van der Waals surface area contributed by atoms with Crippen LogP contribution in [0.15, 0.2) is 158 Å². The lowest BCUT2D eigenvalue weighted by Crippen LogP contribution is -2.10. The van der Waals surface area contributed by atoms with E-state index in [0.29, 0.717) is 0 Å². The predicted octanol–water partition coefficient (Wildman–Crippen LogP) is 17.0. The maximum atomic E-state index is 5.98. The van der Waals surface area contributed by atoms with Gasteiger partial charge in [-0.05, 0) is 182 Å². The lowest BCUT2D eigenvalue weighted by atomic mass is 10.1. The first-order valence-electron chi connectivity index (χ1n) is 24.7. The van der Waals surface area contributed by atoms with Crippen molar-refractivity contribution in [1.29, 1.82) is 0 Å². The Morgan fingerprint density at radius 2 is 0.559 bits per heavy atom. The summed E-state index contributed by atoms with van der Waals surface area (Å²) < 4.78 is 26.2. The molecule has 7 nitrogen and oxygen atoms in total. The molecule has 0 N–H and O–H groups in total. The summed E-state index contributed by atoms with van der Waals surface area (Å²) in [4.78, 5) is 4.54. The van der Waals surface area contributed by atoms with E-state index in [1.165, 1.54) is 0 Å². The number of aromatic nitrogens is 1. The lowest BCUT2D eigenvalue weighted by molar-refractivity contribution is 0.309. The molecule has 0 aliphatic rings. The molecule has 0 radical (unpaired) electrons. The van der Waals surface area contributed by atoms with E-state index >= 15 is 0 Å². The molecule has 352 valence electrons. The average molecular weight is 908 g/mol. The molecule has 0 aliphatic heterocycles. The van der Waals surface area contributed by atoms with Gasteiger partial charge in [0.05, 0.1) is 26.4 Å². The molecule has 7 aromatic rings. The zero-order valence-electron chi connectivity index (χ0n) is 40.8. The van der Waals surface area contributed by atoms with Crippen LogP contribution in [-0.4, -0.2) is 31.0 Å². The SMILES string of the molecule is CCCCOc1ccc(N(c2ccc(/C=C/c3ccc(/C=C/c4ccc(N(c5ccc(OCCCC)cc5)c5ccc(OCCCC)cc5)cc4)n3C)cc2)c2ccc(OCCCC)cc2)cc1. The highest BCUT2D eigenvalue weighted by Gasteiger charge is 2.15. The van der Waals surface area contributed by atoms with Crippen molar-refractivity contribution in [2.45, 2.75) is 79.1 Å². The van der Waals surface area contributed by atoms with E-state index < -0.39 is 0 Å². The molecule has 6 aromatic carbocycles. The van der Waals surface area contributed by atoms with Crippen LogP contribution in [-0.2, 0) is 7.05 Å². The van der Waals surface area contributed by atoms with Gasteiger partial charge in [0.1, 0.15) is 23.0 Å². The van der Waals surface area contributed by atoms with E-state index in [1.54, 1.807) is 0 Å². The minimum Gasteiger partial charge on any atom is -0.494 e. The Kier molecular flexibility index (Phi) is 18.4. The van der Waals surface area contributed by atoms with Crippen molar-refractivity contribution >= 4 is 58.4 Å². The molecule has 0 saturated heterocycles. The second-order valence-corrected chi connectivity index (χ2v) is 17.0. The van der Waals surface area contributed by atoms with Gasteiger partial charge in [-0.15, -0.1) is 0 Å². The van der Waals surface area contributed by atoms with Gasteiger partial charge in [0.25, 0.3) is 0 Å². The standard InChI is InChI=1S/C61H69N3O4/c1-6-10-44-65-58-36-28-54(29-37-58)63(55-30-38-59(39-31-55)66-45-11-7-2)52-22-16-48(17-23-52)14-20-50-26-27-51(62(50)5)21-15-49-18-24-53(25-19-49)64(56-32-40-60(41-33-56)67-46-12-8-3)57-34-42-61(43-35-57)68-47-13-9-4/h14-43H,6-13,44-47H2,1-5H3/b20-14+,21-15+. The Morgan fingerprint density at radius 3 is 0.794 bits per heavy atom. The first kappa shape index (κ1) is 48.8. The number of rotatable bonds is 26. The van der Waals surface area contributed by atoms with Crippen LogP contribution in [0.1, 0.15) is 102 Å². The second-order valence-electron chi connectivity index (χ2n) is 17.0. The van der Waals surface area contributed by atoms with Crippen LogP contribution in [0.3, 0.4) is 0 Å². The summed E-state index contributed by atoms with van der Waals surface area (Å²) >= 11 is 0. The fourth-order valence-corrected chi connectivity index (χ4v) is 7.71. The smallest absolute Gasteiger partial charge is 0.119 e. The Balaban J connectivity index is 1.04. The zero-order chi connectivity index (χ0) is 47.3. The quantitative estimate of drug-likeness (QED) is 0.0505. The maximum Gasteiger partial charge on any atom is 0.119 e. The van der Waals surface area contributed by atoms with Gasteiger partial charge < -0.3 is 33.3 Å². The van der Waals surface area contributed by atoms with Gasteiger partial charge in [-0.1, -0.05) is 89.8 Å². The number of ether oxygens (including phenoxy) is 4. The van der Waals surface area contributed by atoms with E-state index in [0.717, 1.165) is 157 Å². The van der Waals surface area contributed by atoms with Crippen LogP contribution in [0.5, 0.6) is 23.0 Å². The highest BCUT2D eigenvalue weighted by atomic mass is 16.5. The molecule has 0 atom stereocenters. The normalized spacial score (nSPS) is 11.3. The second kappa shape index (κ2) is 25.7. The fourth-order valence-electron chi connectivity index (χ4n) is 7.71. The molecule has 0 amide bonds. The molecule has 0 bridgehead atoms. The Bertz CT molecular complexity index is 2310. The summed E-state index contributed by atoms with van der Waals surface area (Å²) in [5.74, 6) is 3.54. The van der Waals surface area contributed by atoms with E-state index in [4.69, 9.17) is 18.9 Å². The first-order chi connectivity index (χ1) is 33.5. The molecule has 7 rings (SSSR count). The largest absolute Gasteiger partial charge is 0.494 e. The third-order valence-electron chi connectivity index (χ3n) is 11.8. The molecular weight excluding hydrogens is 839 g/mol. The molecule has 7 heteroatoms. The molecule has 0 spiro atoms. The van der Waals surface area contributed by atoms with Crippen LogP contribution in [0.2, 0.25) is 0 Å². The zero-order valence-corrected chi connectivity index (χ0v) is 40.8. The summed E-state index contributed by atoms with van der Waals surface area (Å²) in [5, 5.41) is 0. The van der Waals surface area contributed by atoms with Crippen molar-refractivity contribution in [3.05, 3.63) is 180 Å². The number of hydrogen-bond acceptors (Lipinski definition) is 6. The monoisotopic (exact) mass is 908 g/mol. The third-order valence-corrected chi connectivity index (χ3v) is 11.8. The predicted molar refractivity (Wildman–Crippen MR) is 287 cm³/mol.